The van der Waals surface area contributed by atoms with Gasteiger partial charge in [-0.15, -0.1) is 11.3 Å². The van der Waals surface area contributed by atoms with Crippen LogP contribution in [0.25, 0.3) is 0 Å². The normalized spacial score (nSPS) is 17.4. The first-order valence-electron chi connectivity index (χ1n) is 7.71. The molecule has 3 heterocycles. The van der Waals surface area contributed by atoms with Gasteiger partial charge in [0.05, 0.1) is 24.1 Å². The van der Waals surface area contributed by atoms with Gasteiger partial charge >= 0.3 is 6.03 Å². The van der Waals surface area contributed by atoms with E-state index in [-0.39, 0.29) is 11.9 Å². The summed E-state index contributed by atoms with van der Waals surface area (Å²) in [6.07, 6.45) is 4.01. The molecule has 0 spiro atoms. The summed E-state index contributed by atoms with van der Waals surface area (Å²) in [6.45, 7) is 4.87. The van der Waals surface area contributed by atoms with Crippen molar-refractivity contribution in [3.05, 3.63) is 28.0 Å². The third kappa shape index (κ3) is 3.40. The van der Waals surface area contributed by atoms with Crippen molar-refractivity contribution in [2.24, 2.45) is 7.05 Å². The molecule has 0 aromatic carbocycles. The van der Waals surface area contributed by atoms with Crippen LogP contribution < -0.4 is 15.5 Å². The minimum Gasteiger partial charge on any atom is -0.332 e. The van der Waals surface area contributed by atoms with E-state index in [4.69, 9.17) is 0 Å². The molecule has 2 N–H and O–H groups in total. The second-order valence-electron chi connectivity index (χ2n) is 5.78. The lowest BCUT2D eigenvalue weighted by Crippen LogP contribution is -2.45. The first-order chi connectivity index (χ1) is 11.4. The molecule has 1 atom stereocenters. The van der Waals surface area contributed by atoms with E-state index in [0.717, 1.165) is 21.3 Å². The largest absolute Gasteiger partial charge is 0.332 e. The van der Waals surface area contributed by atoms with Gasteiger partial charge in [-0.25, -0.2) is 9.78 Å². The number of amides is 3. The number of carbonyl (C=O) groups excluding carboxylic acids is 2. The highest BCUT2D eigenvalue weighted by Gasteiger charge is 2.34. The second kappa shape index (κ2) is 6.60. The molecule has 0 saturated carbocycles. The van der Waals surface area contributed by atoms with Crippen molar-refractivity contribution in [3.63, 3.8) is 0 Å². The van der Waals surface area contributed by atoms with Gasteiger partial charge in [-0.05, 0) is 20.3 Å². The van der Waals surface area contributed by atoms with Gasteiger partial charge in [-0.2, -0.15) is 5.10 Å². The zero-order valence-corrected chi connectivity index (χ0v) is 14.7. The lowest BCUT2D eigenvalue weighted by Gasteiger charge is -2.15. The summed E-state index contributed by atoms with van der Waals surface area (Å²) >= 11 is 1.56. The molecule has 1 aliphatic heterocycles. The summed E-state index contributed by atoms with van der Waals surface area (Å²) in [7, 11) is 1.80. The zero-order valence-electron chi connectivity index (χ0n) is 13.9. The highest BCUT2D eigenvalue weighted by atomic mass is 32.1. The van der Waals surface area contributed by atoms with Gasteiger partial charge in [0, 0.05) is 24.7 Å². The number of aryl methyl sites for hydroxylation is 3. The predicted molar refractivity (Wildman–Crippen MR) is 90.9 cm³/mol. The van der Waals surface area contributed by atoms with Crippen LogP contribution in [0.2, 0.25) is 0 Å². The average Bonchev–Trinajstić information content (AvgIpc) is 3.19. The van der Waals surface area contributed by atoms with Crippen molar-refractivity contribution in [1.29, 1.82) is 0 Å². The van der Waals surface area contributed by atoms with Crippen LogP contribution in [0.1, 0.15) is 22.0 Å². The van der Waals surface area contributed by atoms with Crippen molar-refractivity contribution in [1.82, 2.24) is 25.4 Å². The lowest BCUT2D eigenvalue weighted by atomic mass is 10.2. The summed E-state index contributed by atoms with van der Waals surface area (Å²) in [4.78, 5) is 31.6. The van der Waals surface area contributed by atoms with Gasteiger partial charge in [0.15, 0.2) is 0 Å². The fourth-order valence-corrected chi connectivity index (χ4v) is 3.47. The van der Waals surface area contributed by atoms with E-state index in [1.807, 2.05) is 13.8 Å². The first-order valence-corrected chi connectivity index (χ1v) is 8.53. The Hall–Kier alpha value is -2.42. The number of rotatable bonds is 4. The number of hydrogen-bond donors (Lipinski definition) is 2. The Balaban J connectivity index is 1.52. The Bertz CT molecular complexity index is 748. The van der Waals surface area contributed by atoms with E-state index in [2.05, 4.69) is 20.7 Å². The number of carbonyl (C=O) groups is 2. The third-order valence-corrected chi connectivity index (χ3v) is 5.06. The predicted octanol–water partition coefficient (Wildman–Crippen LogP) is 1.10. The van der Waals surface area contributed by atoms with Crippen LogP contribution in [0, 0.1) is 13.8 Å². The third-order valence-electron chi connectivity index (χ3n) is 3.99. The highest BCUT2D eigenvalue weighted by molar-refractivity contribution is 7.11. The molecule has 3 amide bonds. The van der Waals surface area contributed by atoms with E-state index in [9.17, 15) is 9.59 Å². The summed E-state index contributed by atoms with van der Waals surface area (Å²) < 4.78 is 1.65. The maximum absolute atomic E-state index is 12.4. The number of urea groups is 1. The maximum atomic E-state index is 12.4. The number of nitrogens with one attached hydrogen (secondary N) is 2. The standard InChI is InChI=1S/C15H20N6O2S/c1-9-10(2)24-13(18-9)7-16-15(23)19-12-4-5-21(14(12)22)11-6-17-20(3)8-11/h6,8,12H,4-5,7H2,1-3H3,(H2,16,19,23). The summed E-state index contributed by atoms with van der Waals surface area (Å²) in [5.41, 5.74) is 1.73. The summed E-state index contributed by atoms with van der Waals surface area (Å²) in [6, 6.07) is -0.864. The molecule has 128 valence electrons. The number of anilines is 1. The van der Waals surface area contributed by atoms with Gasteiger partial charge in [0.2, 0.25) is 5.91 Å². The van der Waals surface area contributed by atoms with E-state index >= 15 is 0 Å². The van der Waals surface area contributed by atoms with E-state index in [0.29, 0.717) is 19.5 Å². The molecular formula is C15H20N6O2S. The molecule has 1 saturated heterocycles. The van der Waals surface area contributed by atoms with Gasteiger partial charge in [0.25, 0.3) is 0 Å². The molecular weight excluding hydrogens is 328 g/mol. The molecule has 1 aliphatic rings. The van der Waals surface area contributed by atoms with Crippen LogP contribution >= 0.6 is 11.3 Å². The topological polar surface area (TPSA) is 92.2 Å². The van der Waals surface area contributed by atoms with Crippen molar-refractivity contribution in [2.45, 2.75) is 32.9 Å². The van der Waals surface area contributed by atoms with Crippen LogP contribution in [-0.4, -0.2) is 39.3 Å². The number of hydrogen-bond acceptors (Lipinski definition) is 5. The quantitative estimate of drug-likeness (QED) is 0.865. The first kappa shape index (κ1) is 16.4. The Morgan fingerprint density at radius 2 is 2.25 bits per heavy atom. The highest BCUT2D eigenvalue weighted by Crippen LogP contribution is 2.20. The maximum Gasteiger partial charge on any atom is 0.315 e. The Morgan fingerprint density at radius 3 is 2.88 bits per heavy atom. The van der Waals surface area contributed by atoms with Gasteiger partial charge < -0.3 is 15.5 Å². The van der Waals surface area contributed by atoms with Crippen molar-refractivity contribution < 1.29 is 9.59 Å². The molecule has 9 heteroatoms. The monoisotopic (exact) mass is 348 g/mol. The molecule has 2 aromatic rings. The minimum absolute atomic E-state index is 0.112. The fourth-order valence-electron chi connectivity index (χ4n) is 2.60. The van der Waals surface area contributed by atoms with Crippen molar-refractivity contribution >= 4 is 29.0 Å². The summed E-state index contributed by atoms with van der Waals surface area (Å²) in [5, 5.41) is 10.4. The molecule has 8 nitrogen and oxygen atoms in total. The number of aromatic nitrogens is 3. The molecule has 0 radical (unpaired) electrons. The van der Waals surface area contributed by atoms with Gasteiger partial charge in [0.1, 0.15) is 11.0 Å². The molecule has 0 bridgehead atoms. The van der Waals surface area contributed by atoms with E-state index < -0.39 is 6.04 Å². The van der Waals surface area contributed by atoms with Crippen LogP contribution in [0.4, 0.5) is 10.5 Å². The van der Waals surface area contributed by atoms with E-state index in [1.165, 1.54) is 0 Å². The lowest BCUT2D eigenvalue weighted by molar-refractivity contribution is -0.118. The molecule has 0 aliphatic carbocycles. The summed E-state index contributed by atoms with van der Waals surface area (Å²) in [5.74, 6) is -0.112. The van der Waals surface area contributed by atoms with Crippen molar-refractivity contribution in [2.75, 3.05) is 11.4 Å². The van der Waals surface area contributed by atoms with Crippen molar-refractivity contribution in [3.8, 4) is 0 Å². The Labute approximate surface area is 143 Å². The molecule has 1 fully saturated rings. The molecule has 3 rings (SSSR count). The molecule has 1 unspecified atom stereocenters. The van der Waals surface area contributed by atoms with E-state index in [1.54, 1.807) is 40.4 Å². The Morgan fingerprint density at radius 1 is 1.46 bits per heavy atom. The van der Waals surface area contributed by atoms with Crippen LogP contribution in [0.5, 0.6) is 0 Å². The van der Waals surface area contributed by atoms with Gasteiger partial charge in [-0.3, -0.25) is 9.48 Å². The number of nitrogens with zero attached hydrogens (tertiary/aromatic N) is 4. The average molecular weight is 348 g/mol. The minimum atomic E-state index is -0.509. The molecule has 24 heavy (non-hydrogen) atoms. The van der Waals surface area contributed by atoms with Crippen LogP contribution in [0.3, 0.4) is 0 Å². The fraction of sp³-hybridized carbons (Fsp3) is 0.467. The molecule has 2 aromatic heterocycles. The second-order valence-corrected chi connectivity index (χ2v) is 7.07. The Kier molecular flexibility index (Phi) is 4.52. The van der Waals surface area contributed by atoms with Crippen LogP contribution in [0.15, 0.2) is 12.4 Å². The smallest absolute Gasteiger partial charge is 0.315 e. The van der Waals surface area contributed by atoms with Gasteiger partial charge in [-0.1, -0.05) is 0 Å². The van der Waals surface area contributed by atoms with Crippen LogP contribution in [-0.2, 0) is 18.4 Å². The SMILES string of the molecule is Cc1nc(CNC(=O)NC2CCN(c3cnn(C)c3)C2=O)sc1C. The zero-order chi connectivity index (χ0) is 17.3. The number of thiazole rings is 1.